The minimum Gasteiger partial charge on any atom is -0.375 e. The summed E-state index contributed by atoms with van der Waals surface area (Å²) in [4.78, 5) is 18.8. The summed E-state index contributed by atoms with van der Waals surface area (Å²) in [6.45, 7) is 5.81. The molecule has 1 amide bonds. The van der Waals surface area contributed by atoms with Gasteiger partial charge in [-0.25, -0.2) is 4.99 Å². The van der Waals surface area contributed by atoms with Gasteiger partial charge in [0.15, 0.2) is 5.96 Å². The maximum atomic E-state index is 12.2. The molecule has 0 radical (unpaired) electrons. The second-order valence-electron chi connectivity index (χ2n) is 6.49. The van der Waals surface area contributed by atoms with E-state index in [0.717, 1.165) is 50.7 Å². The second kappa shape index (κ2) is 9.54. The number of morpholine rings is 1. The maximum absolute atomic E-state index is 12.2. The largest absolute Gasteiger partial charge is 0.375 e. The zero-order valence-corrected chi connectivity index (χ0v) is 15.3. The minimum atomic E-state index is -0.129. The van der Waals surface area contributed by atoms with Gasteiger partial charge in [-0.2, -0.15) is 0 Å². The summed E-state index contributed by atoms with van der Waals surface area (Å²) in [7, 11) is 0. The van der Waals surface area contributed by atoms with E-state index in [1.54, 1.807) is 0 Å². The van der Waals surface area contributed by atoms with E-state index in [2.05, 4.69) is 20.5 Å². The number of hydrogen-bond acceptors (Lipinski definition) is 4. The lowest BCUT2D eigenvalue weighted by Gasteiger charge is -2.37. The Hall–Kier alpha value is -2.12. The molecule has 1 aromatic carbocycles. The number of guanidine groups is 1. The van der Waals surface area contributed by atoms with Gasteiger partial charge >= 0.3 is 0 Å². The summed E-state index contributed by atoms with van der Waals surface area (Å²) in [5.41, 5.74) is 0.780. The molecule has 0 aromatic heterocycles. The van der Waals surface area contributed by atoms with E-state index in [4.69, 9.17) is 9.47 Å². The number of carbonyl (C=O) groups is 1. The van der Waals surface area contributed by atoms with Crippen molar-refractivity contribution in [2.24, 2.45) is 4.99 Å². The van der Waals surface area contributed by atoms with Gasteiger partial charge in [-0.05, 0) is 31.9 Å². The molecule has 2 atom stereocenters. The number of ether oxygens (including phenoxy) is 2. The van der Waals surface area contributed by atoms with Gasteiger partial charge in [0.2, 0.25) is 5.91 Å². The fourth-order valence-corrected chi connectivity index (χ4v) is 3.28. The van der Waals surface area contributed by atoms with Crippen molar-refractivity contribution < 1.29 is 14.3 Å². The lowest BCUT2D eigenvalue weighted by molar-refractivity contribution is -0.114. The molecule has 7 heteroatoms. The molecule has 2 unspecified atom stereocenters. The van der Waals surface area contributed by atoms with Crippen LogP contribution in [0.1, 0.15) is 19.8 Å². The zero-order valence-electron chi connectivity index (χ0n) is 15.3. The number of carbonyl (C=O) groups excluding carboxylic acids is 1. The van der Waals surface area contributed by atoms with Gasteiger partial charge in [0, 0.05) is 31.9 Å². The Balaban J connectivity index is 1.58. The van der Waals surface area contributed by atoms with Crippen LogP contribution in [0.2, 0.25) is 0 Å². The molecule has 2 N–H and O–H groups in total. The average Bonchev–Trinajstić information content (AvgIpc) is 3.21. The second-order valence-corrected chi connectivity index (χ2v) is 6.49. The number of rotatable bonds is 5. The lowest BCUT2D eigenvalue weighted by Crippen LogP contribution is -2.53. The Morgan fingerprint density at radius 2 is 2.04 bits per heavy atom. The first-order chi connectivity index (χ1) is 12.8. The van der Waals surface area contributed by atoms with Crippen LogP contribution in [0.3, 0.4) is 0 Å². The van der Waals surface area contributed by atoms with Crippen LogP contribution in [-0.4, -0.2) is 68.4 Å². The summed E-state index contributed by atoms with van der Waals surface area (Å²) in [6.07, 6.45) is 2.37. The van der Waals surface area contributed by atoms with Crippen molar-refractivity contribution >= 4 is 17.6 Å². The predicted molar refractivity (Wildman–Crippen MR) is 101 cm³/mol. The monoisotopic (exact) mass is 360 g/mol. The Labute approximate surface area is 154 Å². The number of amides is 1. The highest BCUT2D eigenvalue weighted by atomic mass is 16.5. The molecule has 3 rings (SSSR count). The average molecular weight is 360 g/mol. The van der Waals surface area contributed by atoms with Crippen LogP contribution >= 0.6 is 0 Å². The molecule has 0 aliphatic carbocycles. The lowest BCUT2D eigenvalue weighted by atomic mass is 10.1. The summed E-state index contributed by atoms with van der Waals surface area (Å²) < 4.78 is 11.7. The van der Waals surface area contributed by atoms with E-state index in [1.807, 2.05) is 37.3 Å². The van der Waals surface area contributed by atoms with Crippen LogP contribution in [0, 0.1) is 0 Å². The van der Waals surface area contributed by atoms with E-state index < -0.39 is 0 Å². The molecule has 0 saturated carbocycles. The first-order valence-corrected chi connectivity index (χ1v) is 9.37. The van der Waals surface area contributed by atoms with Crippen LogP contribution in [0.4, 0.5) is 5.69 Å². The highest BCUT2D eigenvalue weighted by Gasteiger charge is 2.32. The topological polar surface area (TPSA) is 75.2 Å². The van der Waals surface area contributed by atoms with Gasteiger partial charge in [0.05, 0.1) is 12.7 Å². The standard InChI is InChI=1S/C19H28N4O3/c1-2-20-19(21-13-18(24)22-15-7-4-3-5-8-15)23-10-12-26-17(14-23)16-9-6-11-25-16/h3-5,7-8,16-17H,2,6,9-14H2,1H3,(H,20,21)(H,22,24). The van der Waals surface area contributed by atoms with Gasteiger partial charge in [0.1, 0.15) is 12.6 Å². The van der Waals surface area contributed by atoms with Crippen molar-refractivity contribution in [2.75, 3.05) is 44.7 Å². The van der Waals surface area contributed by atoms with Gasteiger partial charge in [-0.1, -0.05) is 18.2 Å². The molecular weight excluding hydrogens is 332 g/mol. The highest BCUT2D eigenvalue weighted by Crippen LogP contribution is 2.21. The number of aliphatic imine (C=N–C) groups is 1. The van der Waals surface area contributed by atoms with Crippen molar-refractivity contribution in [2.45, 2.75) is 32.0 Å². The molecule has 2 saturated heterocycles. The molecule has 2 heterocycles. The van der Waals surface area contributed by atoms with E-state index in [1.165, 1.54) is 0 Å². The van der Waals surface area contributed by atoms with Crippen molar-refractivity contribution in [3.8, 4) is 0 Å². The molecule has 1 aromatic rings. The number of hydrogen-bond donors (Lipinski definition) is 2. The molecule has 2 aliphatic heterocycles. The van der Waals surface area contributed by atoms with Gasteiger partial charge < -0.3 is 25.0 Å². The van der Waals surface area contributed by atoms with E-state index in [0.29, 0.717) is 6.61 Å². The number of anilines is 1. The van der Waals surface area contributed by atoms with Crippen LogP contribution in [0.25, 0.3) is 0 Å². The molecule has 7 nitrogen and oxygen atoms in total. The Morgan fingerprint density at radius 1 is 1.23 bits per heavy atom. The fraction of sp³-hybridized carbons (Fsp3) is 0.579. The number of nitrogens with zero attached hydrogens (tertiary/aromatic N) is 2. The van der Waals surface area contributed by atoms with Crippen molar-refractivity contribution in [1.29, 1.82) is 0 Å². The zero-order chi connectivity index (χ0) is 18.2. The first kappa shape index (κ1) is 18.7. The van der Waals surface area contributed by atoms with Crippen molar-refractivity contribution in [1.82, 2.24) is 10.2 Å². The van der Waals surface area contributed by atoms with Crippen LogP contribution in [0.5, 0.6) is 0 Å². The molecule has 26 heavy (non-hydrogen) atoms. The molecule has 0 bridgehead atoms. The van der Waals surface area contributed by atoms with E-state index in [9.17, 15) is 4.79 Å². The minimum absolute atomic E-state index is 0.0632. The summed E-state index contributed by atoms with van der Waals surface area (Å²) in [5, 5.41) is 6.14. The Morgan fingerprint density at radius 3 is 2.77 bits per heavy atom. The number of nitrogens with one attached hydrogen (secondary N) is 2. The molecule has 0 spiro atoms. The fourth-order valence-electron chi connectivity index (χ4n) is 3.28. The van der Waals surface area contributed by atoms with Crippen LogP contribution in [0.15, 0.2) is 35.3 Å². The van der Waals surface area contributed by atoms with Crippen LogP contribution in [-0.2, 0) is 14.3 Å². The Bertz CT molecular complexity index is 602. The molecule has 2 aliphatic rings. The van der Waals surface area contributed by atoms with Crippen molar-refractivity contribution in [3.05, 3.63) is 30.3 Å². The van der Waals surface area contributed by atoms with Gasteiger partial charge in [-0.3, -0.25) is 4.79 Å². The van der Waals surface area contributed by atoms with E-state index in [-0.39, 0.29) is 24.7 Å². The predicted octanol–water partition coefficient (Wildman–Crippen LogP) is 1.47. The first-order valence-electron chi connectivity index (χ1n) is 9.37. The quantitative estimate of drug-likeness (QED) is 0.614. The van der Waals surface area contributed by atoms with Crippen LogP contribution < -0.4 is 10.6 Å². The third-order valence-corrected chi connectivity index (χ3v) is 4.54. The molecular formula is C19H28N4O3. The SMILES string of the molecule is CCNC(=NCC(=O)Nc1ccccc1)N1CCOC(C2CCCO2)C1. The Kier molecular flexibility index (Phi) is 6.85. The van der Waals surface area contributed by atoms with Gasteiger partial charge in [0.25, 0.3) is 0 Å². The molecule has 2 fully saturated rings. The number of para-hydroxylation sites is 1. The maximum Gasteiger partial charge on any atom is 0.246 e. The highest BCUT2D eigenvalue weighted by molar-refractivity contribution is 5.94. The summed E-state index contributed by atoms with van der Waals surface area (Å²) in [6, 6.07) is 9.42. The van der Waals surface area contributed by atoms with Gasteiger partial charge in [-0.15, -0.1) is 0 Å². The third kappa shape index (κ3) is 5.19. The number of benzene rings is 1. The smallest absolute Gasteiger partial charge is 0.246 e. The summed E-state index contributed by atoms with van der Waals surface area (Å²) >= 11 is 0. The van der Waals surface area contributed by atoms with E-state index >= 15 is 0 Å². The third-order valence-electron chi connectivity index (χ3n) is 4.54. The molecule has 142 valence electrons. The normalized spacial score (nSPS) is 23.7. The van der Waals surface area contributed by atoms with Crippen molar-refractivity contribution in [3.63, 3.8) is 0 Å². The summed E-state index contributed by atoms with van der Waals surface area (Å²) in [5.74, 6) is 0.623.